The molecule has 0 aromatic carbocycles. The molecule has 0 aliphatic heterocycles. The van der Waals surface area contributed by atoms with Crippen molar-refractivity contribution in [1.29, 1.82) is 0 Å². The Hall–Kier alpha value is -3.67. The van der Waals surface area contributed by atoms with E-state index in [1.54, 1.807) is 0 Å². The lowest BCUT2D eigenvalue weighted by Gasteiger charge is -2.18. The summed E-state index contributed by atoms with van der Waals surface area (Å²) in [6.45, 7) is 6.45. The molecule has 0 amide bonds. The van der Waals surface area contributed by atoms with Crippen LogP contribution in [0, 0.1) is 0 Å². The first-order valence-corrected chi connectivity index (χ1v) is 35.7. The smallest absolute Gasteiger partial charge is 0.306 e. The molecule has 0 aromatic heterocycles. The molecule has 1 unspecified atom stereocenters. The van der Waals surface area contributed by atoms with Crippen LogP contribution in [0.5, 0.6) is 0 Å². The Morgan fingerprint density at radius 3 is 0.747 bits per heavy atom. The number of esters is 3. The van der Waals surface area contributed by atoms with Crippen molar-refractivity contribution in [3.8, 4) is 0 Å². The van der Waals surface area contributed by atoms with Crippen molar-refractivity contribution in [3.63, 3.8) is 0 Å². The summed E-state index contributed by atoms with van der Waals surface area (Å²) in [5.74, 6) is -0.883. The number of carbonyl (C=O) groups is 3. The van der Waals surface area contributed by atoms with Crippen LogP contribution in [-0.4, -0.2) is 37.2 Å². The Morgan fingerprint density at radius 1 is 0.253 bits per heavy atom. The molecule has 0 rings (SSSR count). The molecular formula is C77H134O6. The van der Waals surface area contributed by atoms with E-state index in [2.05, 4.69) is 118 Å². The maximum absolute atomic E-state index is 13.0. The molecule has 0 aromatic rings. The number of unbranched alkanes of at least 4 members (excludes halogenated alkanes) is 38. The third kappa shape index (κ3) is 69.0. The lowest BCUT2D eigenvalue weighted by molar-refractivity contribution is -0.167. The lowest BCUT2D eigenvalue weighted by atomic mass is 10.0. The van der Waals surface area contributed by atoms with E-state index in [-0.39, 0.29) is 31.1 Å². The van der Waals surface area contributed by atoms with Crippen LogP contribution in [0.3, 0.4) is 0 Å². The molecule has 478 valence electrons. The maximum atomic E-state index is 13.0. The normalized spacial score (nSPS) is 12.7. The molecule has 0 bridgehead atoms. The van der Waals surface area contributed by atoms with Crippen molar-refractivity contribution in [3.05, 3.63) is 97.2 Å². The third-order valence-electron chi connectivity index (χ3n) is 15.6. The number of hydrogen-bond donors (Lipinski definition) is 0. The molecule has 0 saturated carbocycles. The second-order valence-electron chi connectivity index (χ2n) is 23.7. The number of allylic oxidation sites excluding steroid dienone is 16. The molecule has 1 atom stereocenters. The van der Waals surface area contributed by atoms with Gasteiger partial charge in [0.1, 0.15) is 13.2 Å². The van der Waals surface area contributed by atoms with Crippen molar-refractivity contribution in [1.82, 2.24) is 0 Å². The van der Waals surface area contributed by atoms with Crippen LogP contribution in [0.1, 0.15) is 355 Å². The van der Waals surface area contributed by atoms with Crippen LogP contribution in [0.4, 0.5) is 0 Å². The highest BCUT2D eigenvalue weighted by Crippen LogP contribution is 2.17. The molecule has 0 fully saturated rings. The van der Waals surface area contributed by atoms with Crippen molar-refractivity contribution in [2.45, 2.75) is 361 Å². The average Bonchev–Trinajstić information content (AvgIpc) is 3.49. The highest BCUT2D eigenvalue weighted by Gasteiger charge is 2.19. The summed E-state index contributed by atoms with van der Waals surface area (Å²) in [6, 6.07) is 0. The van der Waals surface area contributed by atoms with Gasteiger partial charge in [0.2, 0.25) is 0 Å². The van der Waals surface area contributed by atoms with Gasteiger partial charge in [-0.25, -0.2) is 0 Å². The van der Waals surface area contributed by atoms with Gasteiger partial charge in [-0.05, 0) is 116 Å². The number of rotatable bonds is 65. The number of hydrogen-bond acceptors (Lipinski definition) is 6. The maximum Gasteiger partial charge on any atom is 0.306 e. The summed E-state index contributed by atoms with van der Waals surface area (Å²) in [4.78, 5) is 38.5. The van der Waals surface area contributed by atoms with Gasteiger partial charge in [0.15, 0.2) is 6.10 Å². The summed E-state index contributed by atoms with van der Waals surface area (Å²) in [5, 5.41) is 0. The summed E-state index contributed by atoms with van der Waals surface area (Å²) >= 11 is 0. The highest BCUT2D eigenvalue weighted by molar-refractivity contribution is 5.71. The SMILES string of the molecule is CC/C=C\C/C=C\C/C=C\C/C=C\CCCCCCCCCCCCCCCCC(=O)OCC(COC(=O)CCCCCCC/C=C\C/C=C\C/C=C\CC)OC(=O)CCCCCCCCCCCCC/C=C\CCCCCCCCCC. The second-order valence-corrected chi connectivity index (χ2v) is 23.7. The van der Waals surface area contributed by atoms with Crippen LogP contribution < -0.4 is 0 Å². The van der Waals surface area contributed by atoms with Gasteiger partial charge in [-0.2, -0.15) is 0 Å². The van der Waals surface area contributed by atoms with Gasteiger partial charge >= 0.3 is 17.9 Å². The second kappa shape index (κ2) is 70.8. The van der Waals surface area contributed by atoms with Crippen LogP contribution in [0.15, 0.2) is 97.2 Å². The highest BCUT2D eigenvalue weighted by atomic mass is 16.6. The van der Waals surface area contributed by atoms with E-state index in [0.717, 1.165) is 122 Å². The first kappa shape index (κ1) is 79.3. The van der Waals surface area contributed by atoms with Crippen molar-refractivity contribution in [2.75, 3.05) is 13.2 Å². The first-order chi connectivity index (χ1) is 41.0. The summed E-state index contributed by atoms with van der Waals surface area (Å²) in [7, 11) is 0. The Labute approximate surface area is 515 Å². The predicted octanol–water partition coefficient (Wildman–Crippen LogP) is 24.8. The Morgan fingerprint density at radius 2 is 0.470 bits per heavy atom. The predicted molar refractivity (Wildman–Crippen MR) is 362 cm³/mol. The fourth-order valence-electron chi connectivity index (χ4n) is 10.3. The van der Waals surface area contributed by atoms with Crippen LogP contribution in [0.25, 0.3) is 0 Å². The van der Waals surface area contributed by atoms with Gasteiger partial charge in [0, 0.05) is 19.3 Å². The zero-order valence-corrected chi connectivity index (χ0v) is 54.9. The molecular weight excluding hydrogens is 1020 g/mol. The Balaban J connectivity index is 4.30. The monoisotopic (exact) mass is 1160 g/mol. The molecule has 6 nitrogen and oxygen atoms in total. The molecule has 0 spiro atoms. The van der Waals surface area contributed by atoms with Crippen LogP contribution in [0.2, 0.25) is 0 Å². The fraction of sp³-hybridized carbons (Fsp3) is 0.753. The van der Waals surface area contributed by atoms with Crippen molar-refractivity contribution >= 4 is 17.9 Å². The van der Waals surface area contributed by atoms with E-state index >= 15 is 0 Å². The Bertz CT molecular complexity index is 1610. The van der Waals surface area contributed by atoms with Gasteiger partial charge in [-0.3, -0.25) is 14.4 Å². The van der Waals surface area contributed by atoms with Gasteiger partial charge < -0.3 is 14.2 Å². The largest absolute Gasteiger partial charge is 0.462 e. The molecule has 6 heteroatoms. The minimum atomic E-state index is -0.787. The zero-order valence-electron chi connectivity index (χ0n) is 54.9. The first-order valence-electron chi connectivity index (χ1n) is 35.7. The number of carbonyl (C=O) groups excluding carboxylic acids is 3. The van der Waals surface area contributed by atoms with E-state index < -0.39 is 6.10 Å². The molecule has 83 heavy (non-hydrogen) atoms. The minimum absolute atomic E-state index is 0.0813. The molecule has 0 aliphatic carbocycles. The third-order valence-corrected chi connectivity index (χ3v) is 15.6. The van der Waals surface area contributed by atoms with E-state index in [1.165, 1.54) is 193 Å². The summed E-state index contributed by atoms with van der Waals surface area (Å²) < 4.78 is 17.0. The lowest BCUT2D eigenvalue weighted by Crippen LogP contribution is -2.30. The zero-order chi connectivity index (χ0) is 59.9. The van der Waals surface area contributed by atoms with E-state index in [9.17, 15) is 14.4 Å². The van der Waals surface area contributed by atoms with Gasteiger partial charge in [-0.15, -0.1) is 0 Å². The molecule has 0 N–H and O–H groups in total. The minimum Gasteiger partial charge on any atom is -0.462 e. The van der Waals surface area contributed by atoms with Crippen LogP contribution in [-0.2, 0) is 28.6 Å². The van der Waals surface area contributed by atoms with E-state index in [1.807, 2.05) is 0 Å². The average molecular weight is 1160 g/mol. The number of ether oxygens (including phenoxy) is 3. The molecule has 0 radical (unpaired) electrons. The summed E-state index contributed by atoms with van der Waals surface area (Å²) in [6.07, 6.45) is 95.8. The molecule has 0 aliphatic rings. The molecule has 0 saturated heterocycles. The van der Waals surface area contributed by atoms with E-state index in [0.29, 0.717) is 19.3 Å². The Kier molecular flexibility index (Phi) is 67.7. The van der Waals surface area contributed by atoms with Gasteiger partial charge in [0.05, 0.1) is 0 Å². The quantitative estimate of drug-likeness (QED) is 0.0261. The van der Waals surface area contributed by atoms with Crippen molar-refractivity contribution < 1.29 is 28.6 Å². The van der Waals surface area contributed by atoms with Gasteiger partial charge in [-0.1, -0.05) is 317 Å². The van der Waals surface area contributed by atoms with E-state index in [4.69, 9.17) is 14.2 Å². The topological polar surface area (TPSA) is 78.9 Å². The van der Waals surface area contributed by atoms with Crippen molar-refractivity contribution in [2.24, 2.45) is 0 Å². The molecule has 0 heterocycles. The fourth-order valence-corrected chi connectivity index (χ4v) is 10.3. The van der Waals surface area contributed by atoms with Gasteiger partial charge in [0.25, 0.3) is 0 Å². The standard InChI is InChI=1S/C77H134O6/c1-4-7-10-13-16-19-22-25-28-30-32-34-36-37-38-39-41-42-44-46-49-52-55-58-61-64-67-70-76(79)82-73-74(72-81-75(78)69-66-63-60-57-54-51-48-27-24-21-18-15-12-9-6-3)83-77(80)71-68-65-62-59-56-53-50-47-45-43-40-35-33-31-29-26-23-20-17-14-11-8-5-2/h7,9-10,12,16,18-19,21,25,27-28,31-34,48,74H,4-6,8,11,13-15,17,20,22-24,26,29-30,35-47,49-73H2,1-3H3/b10-7-,12-9-,19-16-,21-18-,28-25-,33-31-,34-32-,48-27-. The van der Waals surface area contributed by atoms with Crippen LogP contribution >= 0.6 is 0 Å². The summed E-state index contributed by atoms with van der Waals surface area (Å²) in [5.41, 5.74) is 0.